The standard InChI is InChI=1S/C41H58N2.2C6H13.Ni/c1-4-7-10-12-13-14-15-16-17-18-19-20-22-28-36-29-23-24-32-39(36)41-38(30-21-11-8-5-2)34-40(43(41)42)37-31-25-27-35(33-37)26-9-6-3;2*1-3-5-6-4-2;/h23-25,27,29,31-34H,4-18,21-22,26,28,30H2,1-3H3;2*1,3-6H2,2H3;/q;2*-1;+2. The summed E-state index contributed by atoms with van der Waals surface area (Å²) >= 11 is 0. The van der Waals surface area contributed by atoms with Gasteiger partial charge in [-0.05, 0) is 67.9 Å². The maximum absolute atomic E-state index is 11.7. The summed E-state index contributed by atoms with van der Waals surface area (Å²) in [7, 11) is 0. The maximum Gasteiger partial charge on any atom is 2.00 e. The second-order valence-corrected chi connectivity index (χ2v) is 15.5. The first kappa shape index (κ1) is 53.6. The van der Waals surface area contributed by atoms with E-state index in [1.165, 1.54) is 150 Å². The topological polar surface area (TPSA) is 25.3 Å². The Morgan fingerprint density at radius 3 is 1.66 bits per heavy atom. The molecule has 1 aliphatic rings. The van der Waals surface area contributed by atoms with Gasteiger partial charge in [-0.15, -0.1) is 11.8 Å². The van der Waals surface area contributed by atoms with Gasteiger partial charge in [-0.1, -0.05) is 181 Å². The van der Waals surface area contributed by atoms with Crippen molar-refractivity contribution in [3.63, 3.8) is 0 Å². The van der Waals surface area contributed by atoms with E-state index in [0.29, 0.717) is 0 Å². The molecule has 1 aliphatic heterocycles. The van der Waals surface area contributed by atoms with Crippen molar-refractivity contribution in [3.8, 4) is 11.8 Å². The SMILES string of the molecule is CCCCCCCCCCCC#CCCc1ccccc1C1=C(CCCCCC)C=C(c2cccc(CCCC)c2)[N+]1=[N-].[CH2-]CCCCC.[CH2-]CCCCC.[Ni+2]. The first-order valence-corrected chi connectivity index (χ1v) is 23.2. The van der Waals surface area contributed by atoms with Gasteiger partial charge in [0.05, 0.1) is 0 Å². The van der Waals surface area contributed by atoms with Gasteiger partial charge in [0.1, 0.15) is 0 Å². The third-order valence-electron chi connectivity index (χ3n) is 10.4. The van der Waals surface area contributed by atoms with Gasteiger partial charge in [-0.25, -0.2) is 4.70 Å². The van der Waals surface area contributed by atoms with Crippen LogP contribution in [0.3, 0.4) is 0 Å². The van der Waals surface area contributed by atoms with E-state index in [-0.39, 0.29) is 16.5 Å². The van der Waals surface area contributed by atoms with E-state index in [4.69, 9.17) is 0 Å². The molecule has 0 spiro atoms. The van der Waals surface area contributed by atoms with Crippen LogP contribution in [-0.4, -0.2) is 4.70 Å². The summed E-state index contributed by atoms with van der Waals surface area (Å²) in [5, 5.41) is 0. The van der Waals surface area contributed by atoms with Crippen LogP contribution in [0.1, 0.15) is 224 Å². The minimum absolute atomic E-state index is 0. The van der Waals surface area contributed by atoms with Gasteiger partial charge in [-0.3, -0.25) is 0 Å². The van der Waals surface area contributed by atoms with Crippen molar-refractivity contribution in [2.45, 2.75) is 214 Å². The van der Waals surface area contributed by atoms with Gasteiger partial charge in [0.15, 0.2) is 0 Å². The molecule has 0 saturated heterocycles. The summed E-state index contributed by atoms with van der Waals surface area (Å²) in [6.07, 6.45) is 36.7. The molecule has 0 saturated carbocycles. The average molecular weight is 808 g/mol. The van der Waals surface area contributed by atoms with E-state index in [0.717, 1.165) is 73.9 Å². The quantitative estimate of drug-likeness (QED) is 0.0282. The van der Waals surface area contributed by atoms with E-state index in [1.54, 1.807) is 0 Å². The van der Waals surface area contributed by atoms with Gasteiger partial charge < -0.3 is 19.4 Å². The first-order valence-electron chi connectivity index (χ1n) is 23.2. The monoisotopic (exact) mass is 807 g/mol. The van der Waals surface area contributed by atoms with Crippen molar-refractivity contribution in [2.24, 2.45) is 0 Å². The Morgan fingerprint density at radius 2 is 1.07 bits per heavy atom. The third kappa shape index (κ3) is 24.4. The van der Waals surface area contributed by atoms with Gasteiger partial charge in [0.2, 0.25) is 11.4 Å². The van der Waals surface area contributed by atoms with Crippen LogP contribution in [0.4, 0.5) is 0 Å². The molecule has 0 fully saturated rings. The second kappa shape index (κ2) is 38.1. The van der Waals surface area contributed by atoms with E-state index in [1.807, 2.05) is 0 Å². The Balaban J connectivity index is 0.00000201. The Morgan fingerprint density at radius 1 is 0.536 bits per heavy atom. The van der Waals surface area contributed by atoms with Gasteiger partial charge in [0.25, 0.3) is 0 Å². The Kier molecular flexibility index (Phi) is 36.5. The predicted molar refractivity (Wildman–Crippen MR) is 246 cm³/mol. The number of hydrogen-bond acceptors (Lipinski definition) is 0. The Labute approximate surface area is 359 Å². The number of aryl methyl sites for hydroxylation is 2. The van der Waals surface area contributed by atoms with Crippen molar-refractivity contribution < 1.29 is 21.2 Å². The zero-order valence-corrected chi connectivity index (χ0v) is 38.1. The van der Waals surface area contributed by atoms with Gasteiger partial charge in [-0.2, -0.15) is 12.8 Å². The number of hydrogen-bond donors (Lipinski definition) is 0. The van der Waals surface area contributed by atoms with E-state index in [9.17, 15) is 5.53 Å². The fourth-order valence-electron chi connectivity index (χ4n) is 6.96. The molecule has 2 aromatic rings. The van der Waals surface area contributed by atoms with Crippen LogP contribution < -0.4 is 0 Å². The number of rotatable bonds is 27. The molecule has 0 unspecified atom stereocenters. The molecular weight excluding hydrogens is 723 g/mol. The normalized spacial score (nSPS) is 11.8. The Hall–Kier alpha value is -2.43. The molecule has 0 aliphatic carbocycles. The second-order valence-electron chi connectivity index (χ2n) is 15.5. The molecule has 2 nitrogen and oxygen atoms in total. The zero-order chi connectivity index (χ0) is 40.2. The van der Waals surface area contributed by atoms with Gasteiger partial charge in [0, 0.05) is 35.6 Å². The molecule has 0 radical (unpaired) electrons. The molecule has 2 aromatic carbocycles. The Bertz CT molecular complexity index is 1360. The average Bonchev–Trinajstić information content (AvgIpc) is 3.54. The van der Waals surface area contributed by atoms with E-state index in [2.05, 4.69) is 115 Å². The number of nitrogens with zero attached hydrogens (tertiary/aromatic N) is 2. The summed E-state index contributed by atoms with van der Waals surface area (Å²) in [4.78, 5) is 0. The zero-order valence-electron chi connectivity index (χ0n) is 37.1. The van der Waals surface area contributed by atoms with Crippen LogP contribution >= 0.6 is 0 Å². The van der Waals surface area contributed by atoms with Crippen molar-refractivity contribution in [1.29, 1.82) is 0 Å². The molecule has 0 bridgehead atoms. The third-order valence-corrected chi connectivity index (χ3v) is 10.4. The number of allylic oxidation sites excluding steroid dienone is 2. The van der Waals surface area contributed by atoms with E-state index >= 15 is 0 Å². The molecule has 56 heavy (non-hydrogen) atoms. The number of unbranched alkanes of at least 4 members (excludes halogenated alkanes) is 19. The van der Waals surface area contributed by atoms with Crippen molar-refractivity contribution >= 4 is 11.4 Å². The molecule has 3 heteroatoms. The van der Waals surface area contributed by atoms with Crippen molar-refractivity contribution in [3.05, 3.63) is 102 Å². The summed E-state index contributed by atoms with van der Waals surface area (Å²) in [6, 6.07) is 17.4. The maximum atomic E-state index is 11.7. The smallest absolute Gasteiger partial charge is 0.493 e. The molecule has 1 heterocycles. The van der Waals surface area contributed by atoms with Crippen LogP contribution in [0, 0.1) is 25.7 Å². The van der Waals surface area contributed by atoms with Crippen molar-refractivity contribution in [1.82, 2.24) is 0 Å². The summed E-state index contributed by atoms with van der Waals surface area (Å²) in [6.45, 7) is 18.6. The van der Waals surface area contributed by atoms with Crippen molar-refractivity contribution in [2.75, 3.05) is 0 Å². The minimum Gasteiger partial charge on any atom is -0.493 e. The fourth-order valence-corrected chi connectivity index (χ4v) is 6.96. The first-order chi connectivity index (χ1) is 27.0. The largest absolute Gasteiger partial charge is 2.00 e. The van der Waals surface area contributed by atoms with Crippen LogP contribution in [-0.2, 0) is 29.3 Å². The van der Waals surface area contributed by atoms with E-state index < -0.39 is 0 Å². The van der Waals surface area contributed by atoms with Crippen LogP contribution in [0.2, 0.25) is 0 Å². The number of benzene rings is 2. The summed E-state index contributed by atoms with van der Waals surface area (Å²) < 4.78 is 1.47. The van der Waals surface area contributed by atoms with Gasteiger partial charge >= 0.3 is 16.5 Å². The minimum atomic E-state index is 0. The fraction of sp³-hybridized carbons (Fsp3) is 0.623. The molecule has 0 aromatic heterocycles. The molecule has 0 amide bonds. The van der Waals surface area contributed by atoms with Crippen LogP contribution in [0.25, 0.3) is 16.9 Å². The molecule has 3 rings (SSSR count). The summed E-state index contributed by atoms with van der Waals surface area (Å²) in [5.41, 5.74) is 19.6. The predicted octanol–water partition coefficient (Wildman–Crippen LogP) is 17.5. The molecule has 316 valence electrons. The molecule has 0 atom stereocenters. The molecular formula is C53H84N2Ni. The van der Waals surface area contributed by atoms with Crippen LogP contribution in [0.15, 0.2) is 60.2 Å². The molecule has 0 N–H and O–H groups in total. The summed E-state index contributed by atoms with van der Waals surface area (Å²) in [5.74, 6) is 6.89. The van der Waals surface area contributed by atoms with Crippen LogP contribution in [0.5, 0.6) is 0 Å².